The number of benzene rings is 3. The average Bonchev–Trinajstić information content (AvgIpc) is 2.82. The van der Waals surface area contributed by atoms with Crippen LogP contribution in [0.2, 0.25) is 5.02 Å². The summed E-state index contributed by atoms with van der Waals surface area (Å²) in [6.45, 7) is 1.94. The van der Waals surface area contributed by atoms with E-state index in [0.717, 1.165) is 17.3 Å². The van der Waals surface area contributed by atoms with Crippen LogP contribution in [0.3, 0.4) is 0 Å². The van der Waals surface area contributed by atoms with Gasteiger partial charge in [0, 0.05) is 23.3 Å². The van der Waals surface area contributed by atoms with Crippen molar-refractivity contribution in [3.05, 3.63) is 93.2 Å². The van der Waals surface area contributed by atoms with Gasteiger partial charge < -0.3 is 10.6 Å². The van der Waals surface area contributed by atoms with Crippen LogP contribution in [-0.4, -0.2) is 34.2 Å². The number of aromatic nitrogens is 2. The fourth-order valence-corrected chi connectivity index (χ4v) is 4.39. The first kappa shape index (κ1) is 23.5. The summed E-state index contributed by atoms with van der Waals surface area (Å²) >= 11 is 7.27. The van der Waals surface area contributed by atoms with Crippen LogP contribution in [0, 0.1) is 6.92 Å². The van der Waals surface area contributed by atoms with Crippen molar-refractivity contribution in [2.75, 3.05) is 18.1 Å². The second kappa shape index (κ2) is 10.1. The van der Waals surface area contributed by atoms with Gasteiger partial charge in [-0.15, -0.1) is 0 Å². The third-order valence-electron chi connectivity index (χ3n) is 5.05. The minimum atomic E-state index is -0.270. The number of hydrogen-bond donors (Lipinski definition) is 2. The second-order valence-electron chi connectivity index (χ2n) is 7.53. The zero-order chi connectivity index (χ0) is 24.2. The minimum Gasteiger partial charge on any atom is -0.355 e. The fraction of sp³-hybridized carbons (Fsp3) is 0.120. The van der Waals surface area contributed by atoms with Crippen LogP contribution in [0.25, 0.3) is 16.6 Å². The molecule has 2 N–H and O–H groups in total. The molecule has 0 atom stereocenters. The van der Waals surface area contributed by atoms with E-state index in [2.05, 4.69) is 15.6 Å². The van der Waals surface area contributed by atoms with E-state index in [1.54, 1.807) is 49.5 Å². The maximum absolute atomic E-state index is 13.4. The zero-order valence-corrected chi connectivity index (χ0v) is 20.0. The molecule has 7 nitrogen and oxygen atoms in total. The maximum atomic E-state index is 13.4. The lowest BCUT2D eigenvalue weighted by Crippen LogP contribution is -2.23. The van der Waals surface area contributed by atoms with Crippen LogP contribution in [-0.2, 0) is 4.79 Å². The molecular formula is C25H21ClN4O3S. The molecule has 0 bridgehead atoms. The third-order valence-corrected chi connectivity index (χ3v) is 6.22. The summed E-state index contributed by atoms with van der Waals surface area (Å²) in [4.78, 5) is 42.3. The molecule has 0 saturated carbocycles. The van der Waals surface area contributed by atoms with Crippen molar-refractivity contribution in [1.29, 1.82) is 0 Å². The number of fused-ring (bicyclic) bond motifs is 1. The highest BCUT2D eigenvalue weighted by Gasteiger charge is 2.16. The summed E-state index contributed by atoms with van der Waals surface area (Å²) in [5.74, 6) is -0.444. The van der Waals surface area contributed by atoms with E-state index in [9.17, 15) is 14.4 Å². The van der Waals surface area contributed by atoms with E-state index in [-0.39, 0.29) is 23.1 Å². The molecule has 1 aromatic heterocycles. The van der Waals surface area contributed by atoms with E-state index in [1.807, 2.05) is 31.2 Å². The highest BCUT2D eigenvalue weighted by molar-refractivity contribution is 7.99. The molecule has 0 spiro atoms. The normalized spacial score (nSPS) is 10.8. The van der Waals surface area contributed by atoms with Crippen LogP contribution in [0.1, 0.15) is 15.9 Å². The number of rotatable bonds is 6. The molecule has 0 unspecified atom stereocenters. The van der Waals surface area contributed by atoms with Crippen molar-refractivity contribution in [2.24, 2.45) is 0 Å². The Morgan fingerprint density at radius 2 is 1.82 bits per heavy atom. The van der Waals surface area contributed by atoms with Crippen LogP contribution in [0.4, 0.5) is 5.69 Å². The van der Waals surface area contributed by atoms with Crippen LogP contribution >= 0.6 is 23.4 Å². The summed E-state index contributed by atoms with van der Waals surface area (Å²) < 4.78 is 1.51. The molecule has 4 aromatic rings. The van der Waals surface area contributed by atoms with Crippen LogP contribution < -0.4 is 16.2 Å². The standard InChI is InChI=1S/C25H21ClN4O3S/c1-15-4-3-5-19(12-15)30-24(33)20-11-8-17(26)13-21(20)29-25(30)34-14-22(31)28-18-9-6-16(7-10-18)23(32)27-2/h3-13H,14H2,1-2H3,(H,27,32)(H,28,31). The Morgan fingerprint density at radius 1 is 1.06 bits per heavy atom. The van der Waals surface area contributed by atoms with Gasteiger partial charge in [0.1, 0.15) is 0 Å². The predicted octanol–water partition coefficient (Wildman–Crippen LogP) is 4.44. The van der Waals surface area contributed by atoms with Crippen molar-refractivity contribution >= 4 is 51.8 Å². The Hall–Kier alpha value is -3.62. The molecule has 172 valence electrons. The second-order valence-corrected chi connectivity index (χ2v) is 8.91. The Morgan fingerprint density at radius 3 is 2.53 bits per heavy atom. The summed E-state index contributed by atoms with van der Waals surface area (Å²) in [7, 11) is 1.56. The number of aryl methyl sites for hydroxylation is 1. The van der Waals surface area contributed by atoms with E-state index < -0.39 is 0 Å². The number of thioether (sulfide) groups is 1. The van der Waals surface area contributed by atoms with Gasteiger partial charge in [0.25, 0.3) is 11.5 Å². The average molecular weight is 493 g/mol. The van der Waals surface area contributed by atoms with E-state index in [0.29, 0.717) is 38.0 Å². The lowest BCUT2D eigenvalue weighted by molar-refractivity contribution is -0.113. The third kappa shape index (κ3) is 5.13. The molecular weight excluding hydrogens is 472 g/mol. The number of halogens is 1. The quantitative estimate of drug-likeness (QED) is 0.306. The lowest BCUT2D eigenvalue weighted by Gasteiger charge is -2.14. The molecule has 3 aromatic carbocycles. The Labute approximate surface area is 205 Å². The highest BCUT2D eigenvalue weighted by Crippen LogP contribution is 2.24. The molecule has 0 radical (unpaired) electrons. The summed E-state index contributed by atoms with van der Waals surface area (Å²) in [5, 5.41) is 6.65. The smallest absolute Gasteiger partial charge is 0.266 e. The molecule has 2 amide bonds. The topological polar surface area (TPSA) is 93.1 Å². The van der Waals surface area contributed by atoms with Crippen molar-refractivity contribution in [3.8, 4) is 5.69 Å². The maximum Gasteiger partial charge on any atom is 0.266 e. The molecule has 1 heterocycles. The van der Waals surface area contributed by atoms with Gasteiger partial charge in [-0.2, -0.15) is 0 Å². The van der Waals surface area contributed by atoms with Gasteiger partial charge in [-0.25, -0.2) is 4.98 Å². The minimum absolute atomic E-state index is 0.0293. The van der Waals surface area contributed by atoms with Gasteiger partial charge in [0.15, 0.2) is 5.16 Å². The summed E-state index contributed by atoms with van der Waals surface area (Å²) in [5.41, 5.74) is 2.95. The Balaban J connectivity index is 1.61. The molecule has 0 saturated heterocycles. The molecule has 0 aliphatic rings. The number of nitrogens with zero attached hydrogens (tertiary/aromatic N) is 2. The summed E-state index contributed by atoms with van der Waals surface area (Å²) in [6.07, 6.45) is 0. The molecule has 0 aliphatic heterocycles. The monoisotopic (exact) mass is 492 g/mol. The van der Waals surface area contributed by atoms with Gasteiger partial charge in [-0.1, -0.05) is 35.5 Å². The van der Waals surface area contributed by atoms with Gasteiger partial charge in [-0.3, -0.25) is 19.0 Å². The molecule has 0 fully saturated rings. The molecule has 4 rings (SSSR count). The fourth-order valence-electron chi connectivity index (χ4n) is 3.41. The largest absolute Gasteiger partial charge is 0.355 e. The summed E-state index contributed by atoms with van der Waals surface area (Å²) in [6, 6.07) is 19.1. The van der Waals surface area contributed by atoms with Gasteiger partial charge in [0.2, 0.25) is 5.91 Å². The number of carbonyl (C=O) groups is 2. The molecule has 9 heteroatoms. The van der Waals surface area contributed by atoms with Gasteiger partial charge >= 0.3 is 0 Å². The molecule has 0 aliphatic carbocycles. The van der Waals surface area contributed by atoms with E-state index >= 15 is 0 Å². The van der Waals surface area contributed by atoms with Crippen molar-refractivity contribution in [1.82, 2.24) is 14.9 Å². The highest BCUT2D eigenvalue weighted by atomic mass is 35.5. The number of nitrogens with one attached hydrogen (secondary N) is 2. The first-order chi connectivity index (χ1) is 16.4. The predicted molar refractivity (Wildman–Crippen MR) is 136 cm³/mol. The first-order valence-corrected chi connectivity index (χ1v) is 11.8. The lowest BCUT2D eigenvalue weighted by atomic mass is 10.2. The van der Waals surface area contributed by atoms with E-state index in [4.69, 9.17) is 11.6 Å². The number of anilines is 1. The number of hydrogen-bond acceptors (Lipinski definition) is 5. The van der Waals surface area contributed by atoms with Crippen molar-refractivity contribution < 1.29 is 9.59 Å². The van der Waals surface area contributed by atoms with Crippen molar-refractivity contribution in [3.63, 3.8) is 0 Å². The van der Waals surface area contributed by atoms with E-state index in [1.165, 1.54) is 4.57 Å². The number of carbonyl (C=O) groups excluding carboxylic acids is 2. The van der Waals surface area contributed by atoms with Crippen LogP contribution in [0.5, 0.6) is 0 Å². The van der Waals surface area contributed by atoms with Crippen LogP contribution in [0.15, 0.2) is 76.7 Å². The van der Waals surface area contributed by atoms with Gasteiger partial charge in [-0.05, 0) is 67.1 Å². The molecule has 34 heavy (non-hydrogen) atoms. The zero-order valence-electron chi connectivity index (χ0n) is 18.5. The SMILES string of the molecule is CNC(=O)c1ccc(NC(=O)CSc2nc3cc(Cl)ccc3c(=O)n2-c2cccc(C)c2)cc1. The van der Waals surface area contributed by atoms with Gasteiger partial charge in [0.05, 0.1) is 22.3 Å². The van der Waals surface area contributed by atoms with Crippen molar-refractivity contribution in [2.45, 2.75) is 12.1 Å². The first-order valence-electron chi connectivity index (χ1n) is 10.4. The Kier molecular flexibility index (Phi) is 7.00. The Bertz CT molecular complexity index is 1450. The number of amides is 2.